The first-order chi connectivity index (χ1) is 5.65. The highest BCUT2D eigenvalue weighted by molar-refractivity contribution is 6.29. The van der Waals surface area contributed by atoms with Crippen LogP contribution in [-0.2, 0) is 0 Å². The molecule has 1 aromatic rings. The lowest BCUT2D eigenvalue weighted by atomic mass is 10.4. The van der Waals surface area contributed by atoms with Gasteiger partial charge in [0.2, 0.25) is 0 Å². The lowest BCUT2D eigenvalue weighted by Crippen LogP contribution is -2.12. The summed E-state index contributed by atoms with van der Waals surface area (Å²) in [6.45, 7) is 0. The molecule has 1 aromatic heterocycles. The van der Waals surface area contributed by atoms with Crippen LogP contribution >= 0.6 is 11.6 Å². The van der Waals surface area contributed by atoms with Crippen LogP contribution in [0.25, 0.3) is 0 Å². The first kappa shape index (κ1) is 9.06. The molecule has 0 amide bonds. The monoisotopic (exact) mass is 187 g/mol. The van der Waals surface area contributed by atoms with Crippen molar-refractivity contribution < 1.29 is 4.74 Å². The number of aromatic nitrogens is 2. The Morgan fingerprint density at radius 2 is 2.08 bits per heavy atom. The summed E-state index contributed by atoms with van der Waals surface area (Å²) in [5, 5.41) is 7.90. The summed E-state index contributed by atoms with van der Waals surface area (Å²) >= 11 is 5.63. The molecule has 5 heteroatoms. The quantitative estimate of drug-likeness (QED) is 0.698. The van der Waals surface area contributed by atoms with Gasteiger partial charge in [0.25, 0.3) is 0 Å². The molecule has 12 heavy (non-hydrogen) atoms. The van der Waals surface area contributed by atoms with E-state index in [0.717, 1.165) is 0 Å². The molecule has 0 bridgehead atoms. The molecule has 0 fully saturated rings. The summed E-state index contributed by atoms with van der Waals surface area (Å²) in [5.41, 5.74) is 0. The number of methoxy groups -OCH3 is 1. The number of ether oxygens (including phenoxy) is 1. The zero-order valence-corrected chi connectivity index (χ0v) is 7.96. The van der Waals surface area contributed by atoms with Crippen LogP contribution in [0, 0.1) is 0 Å². The molecule has 0 atom stereocenters. The highest BCUT2D eigenvalue weighted by Crippen LogP contribution is 2.24. The lowest BCUT2D eigenvalue weighted by Gasteiger charge is -2.13. The van der Waals surface area contributed by atoms with Crippen molar-refractivity contribution in [2.45, 2.75) is 0 Å². The van der Waals surface area contributed by atoms with Crippen LogP contribution in [0.15, 0.2) is 6.07 Å². The molecule has 66 valence electrons. The second kappa shape index (κ2) is 3.58. The van der Waals surface area contributed by atoms with Gasteiger partial charge in [-0.15, -0.1) is 10.2 Å². The minimum atomic E-state index is 0.331. The number of halogens is 1. The Morgan fingerprint density at radius 1 is 1.42 bits per heavy atom. The Kier molecular flexibility index (Phi) is 2.70. The minimum absolute atomic E-state index is 0.331. The SMILES string of the molecule is COc1cc(Cl)nnc1N(C)C. The van der Waals surface area contributed by atoms with Crippen molar-refractivity contribution in [2.75, 3.05) is 26.1 Å². The fraction of sp³-hybridized carbons (Fsp3) is 0.429. The van der Waals surface area contributed by atoms with Crippen molar-refractivity contribution in [2.24, 2.45) is 0 Å². The third kappa shape index (κ3) is 1.76. The van der Waals surface area contributed by atoms with Crippen molar-refractivity contribution in [3.05, 3.63) is 11.2 Å². The van der Waals surface area contributed by atoms with Crippen LogP contribution in [0.2, 0.25) is 5.15 Å². The summed E-state index contributed by atoms with van der Waals surface area (Å²) in [6, 6.07) is 1.63. The molecule has 0 spiro atoms. The molecule has 4 nitrogen and oxygen atoms in total. The van der Waals surface area contributed by atoms with Crippen molar-refractivity contribution in [1.29, 1.82) is 0 Å². The molecule has 1 rings (SSSR count). The van der Waals surface area contributed by atoms with Gasteiger partial charge in [-0.2, -0.15) is 0 Å². The van der Waals surface area contributed by atoms with E-state index in [-0.39, 0.29) is 0 Å². The molecule has 0 aliphatic carbocycles. The molecule has 0 aromatic carbocycles. The van der Waals surface area contributed by atoms with E-state index < -0.39 is 0 Å². The van der Waals surface area contributed by atoms with Gasteiger partial charge in [-0.3, -0.25) is 0 Å². The van der Waals surface area contributed by atoms with Crippen LogP contribution in [-0.4, -0.2) is 31.4 Å². The van der Waals surface area contributed by atoms with E-state index in [4.69, 9.17) is 16.3 Å². The maximum absolute atomic E-state index is 5.63. The molecule has 0 N–H and O–H groups in total. The molecule has 0 saturated heterocycles. The van der Waals surface area contributed by atoms with E-state index in [1.807, 2.05) is 19.0 Å². The fourth-order valence-corrected chi connectivity index (χ4v) is 0.943. The van der Waals surface area contributed by atoms with E-state index in [0.29, 0.717) is 16.7 Å². The predicted molar refractivity (Wildman–Crippen MR) is 47.9 cm³/mol. The molecule has 0 aliphatic rings. The van der Waals surface area contributed by atoms with Crippen molar-refractivity contribution >= 4 is 17.4 Å². The maximum Gasteiger partial charge on any atom is 0.193 e. The third-order valence-corrected chi connectivity index (χ3v) is 1.54. The van der Waals surface area contributed by atoms with Gasteiger partial charge in [0.05, 0.1) is 7.11 Å². The normalized spacial score (nSPS) is 9.67. The Hall–Kier alpha value is -1.03. The van der Waals surface area contributed by atoms with Gasteiger partial charge in [-0.05, 0) is 0 Å². The summed E-state index contributed by atoms with van der Waals surface area (Å²) in [7, 11) is 5.29. The lowest BCUT2D eigenvalue weighted by molar-refractivity contribution is 0.412. The largest absolute Gasteiger partial charge is 0.493 e. The Labute approximate surface area is 76.1 Å². The van der Waals surface area contributed by atoms with Crippen LogP contribution in [0.3, 0.4) is 0 Å². The zero-order chi connectivity index (χ0) is 9.14. The summed E-state index contributed by atoms with van der Waals surface area (Å²) in [4.78, 5) is 1.81. The van der Waals surface area contributed by atoms with Crippen molar-refractivity contribution in [1.82, 2.24) is 10.2 Å². The second-order valence-electron chi connectivity index (χ2n) is 2.45. The van der Waals surface area contributed by atoms with Gasteiger partial charge in [-0.1, -0.05) is 11.6 Å². The zero-order valence-electron chi connectivity index (χ0n) is 7.21. The molecular formula is C7H10ClN3O. The molecular weight excluding hydrogens is 178 g/mol. The minimum Gasteiger partial charge on any atom is -0.493 e. The number of hydrogen-bond donors (Lipinski definition) is 0. The van der Waals surface area contributed by atoms with Gasteiger partial charge in [-0.25, -0.2) is 0 Å². The van der Waals surface area contributed by atoms with Crippen LogP contribution in [0.5, 0.6) is 5.75 Å². The highest BCUT2D eigenvalue weighted by Gasteiger charge is 2.07. The maximum atomic E-state index is 5.63. The summed E-state index contributed by atoms with van der Waals surface area (Å²) in [6.07, 6.45) is 0. The van der Waals surface area contributed by atoms with E-state index in [2.05, 4.69) is 10.2 Å². The Bertz CT molecular complexity index is 277. The van der Waals surface area contributed by atoms with E-state index in [1.54, 1.807) is 13.2 Å². The highest BCUT2D eigenvalue weighted by atomic mass is 35.5. The van der Waals surface area contributed by atoms with Gasteiger partial charge in [0.1, 0.15) is 0 Å². The number of rotatable bonds is 2. The molecule has 0 unspecified atom stereocenters. The van der Waals surface area contributed by atoms with Crippen LogP contribution in [0.1, 0.15) is 0 Å². The average Bonchev–Trinajstić information content (AvgIpc) is 2.03. The number of nitrogens with zero attached hydrogens (tertiary/aromatic N) is 3. The average molecular weight is 188 g/mol. The second-order valence-corrected chi connectivity index (χ2v) is 2.84. The molecule has 0 saturated carbocycles. The Morgan fingerprint density at radius 3 is 2.58 bits per heavy atom. The summed E-state index contributed by atoms with van der Waals surface area (Å²) < 4.78 is 5.06. The van der Waals surface area contributed by atoms with E-state index in [1.165, 1.54) is 0 Å². The number of hydrogen-bond acceptors (Lipinski definition) is 4. The van der Waals surface area contributed by atoms with Crippen LogP contribution < -0.4 is 9.64 Å². The number of anilines is 1. The third-order valence-electron chi connectivity index (χ3n) is 1.35. The first-order valence-corrected chi connectivity index (χ1v) is 3.77. The van der Waals surface area contributed by atoms with Crippen molar-refractivity contribution in [3.63, 3.8) is 0 Å². The fourth-order valence-electron chi connectivity index (χ4n) is 0.806. The smallest absolute Gasteiger partial charge is 0.193 e. The molecule has 0 aliphatic heterocycles. The van der Waals surface area contributed by atoms with E-state index >= 15 is 0 Å². The topological polar surface area (TPSA) is 38.3 Å². The Balaban J connectivity index is 3.11. The first-order valence-electron chi connectivity index (χ1n) is 3.39. The summed E-state index contributed by atoms with van der Waals surface area (Å²) in [5.74, 6) is 1.29. The van der Waals surface area contributed by atoms with Crippen molar-refractivity contribution in [3.8, 4) is 5.75 Å². The predicted octanol–water partition coefficient (Wildman–Crippen LogP) is 1.20. The van der Waals surface area contributed by atoms with E-state index in [9.17, 15) is 0 Å². The molecule has 0 radical (unpaired) electrons. The van der Waals surface area contributed by atoms with Gasteiger partial charge < -0.3 is 9.64 Å². The van der Waals surface area contributed by atoms with Gasteiger partial charge in [0.15, 0.2) is 16.7 Å². The van der Waals surface area contributed by atoms with Crippen LogP contribution in [0.4, 0.5) is 5.82 Å². The van der Waals surface area contributed by atoms with Gasteiger partial charge in [0, 0.05) is 20.2 Å². The molecule has 1 heterocycles. The van der Waals surface area contributed by atoms with Gasteiger partial charge >= 0.3 is 0 Å². The standard InChI is InChI=1S/C7H10ClN3O/c1-11(2)7-5(12-3)4-6(8)9-10-7/h4H,1-3H3.